The highest BCUT2D eigenvalue weighted by Gasteiger charge is 2.32. The molecule has 2 heterocycles. The number of benzene rings is 1. The smallest absolute Gasteiger partial charge is 0.257 e. The zero-order valence-electron chi connectivity index (χ0n) is 13.9. The van der Waals surface area contributed by atoms with Gasteiger partial charge < -0.3 is 9.42 Å². The predicted octanol–water partition coefficient (Wildman–Crippen LogP) is 3.32. The molecule has 1 saturated carbocycles. The first-order chi connectivity index (χ1) is 11.8. The monoisotopic (exact) mass is 325 g/mol. The fourth-order valence-corrected chi connectivity index (χ4v) is 3.92. The van der Waals surface area contributed by atoms with Gasteiger partial charge in [-0.15, -0.1) is 0 Å². The molecule has 0 N–H and O–H groups in total. The lowest BCUT2D eigenvalue weighted by atomic mass is 10.0. The molecule has 24 heavy (non-hydrogen) atoms. The molecule has 5 nitrogen and oxygen atoms in total. The van der Waals surface area contributed by atoms with Crippen molar-refractivity contribution in [3.63, 3.8) is 0 Å². The summed E-state index contributed by atoms with van der Waals surface area (Å²) in [7, 11) is 0. The van der Waals surface area contributed by atoms with E-state index in [1.165, 1.54) is 12.8 Å². The van der Waals surface area contributed by atoms with E-state index in [9.17, 15) is 4.79 Å². The quantitative estimate of drug-likeness (QED) is 0.865. The van der Waals surface area contributed by atoms with Gasteiger partial charge in [0.2, 0.25) is 5.91 Å². The zero-order valence-corrected chi connectivity index (χ0v) is 13.9. The number of hydrogen-bond donors (Lipinski definition) is 0. The number of rotatable bonds is 4. The molecule has 1 atom stereocenters. The molecule has 0 bridgehead atoms. The minimum Gasteiger partial charge on any atom is -0.342 e. The highest BCUT2D eigenvalue weighted by atomic mass is 16.5. The minimum absolute atomic E-state index is 0.276. The van der Waals surface area contributed by atoms with Crippen LogP contribution < -0.4 is 0 Å². The Morgan fingerprint density at radius 2 is 1.96 bits per heavy atom. The van der Waals surface area contributed by atoms with Crippen molar-refractivity contribution in [2.75, 3.05) is 13.1 Å². The molecular formula is C19H23N3O2. The van der Waals surface area contributed by atoms with Gasteiger partial charge in [0, 0.05) is 31.0 Å². The van der Waals surface area contributed by atoms with E-state index in [0.717, 1.165) is 50.2 Å². The van der Waals surface area contributed by atoms with Crippen LogP contribution in [-0.2, 0) is 11.2 Å². The maximum Gasteiger partial charge on any atom is 0.257 e. The zero-order chi connectivity index (χ0) is 16.4. The van der Waals surface area contributed by atoms with Crippen molar-refractivity contribution < 1.29 is 9.32 Å². The van der Waals surface area contributed by atoms with Gasteiger partial charge in [-0.2, -0.15) is 4.98 Å². The fourth-order valence-electron chi connectivity index (χ4n) is 3.92. The Labute approximate surface area is 142 Å². The predicted molar refractivity (Wildman–Crippen MR) is 90.1 cm³/mol. The van der Waals surface area contributed by atoms with Crippen molar-refractivity contribution in [2.24, 2.45) is 11.8 Å². The number of carbonyl (C=O) groups is 1. The van der Waals surface area contributed by atoms with Gasteiger partial charge in [-0.25, -0.2) is 0 Å². The van der Waals surface area contributed by atoms with Crippen LogP contribution in [0.5, 0.6) is 0 Å². The molecular weight excluding hydrogens is 302 g/mol. The molecule has 2 aromatic rings. The lowest BCUT2D eigenvalue weighted by Crippen LogP contribution is -2.33. The first kappa shape index (κ1) is 15.4. The van der Waals surface area contributed by atoms with E-state index in [1.54, 1.807) is 0 Å². The van der Waals surface area contributed by atoms with Crippen LogP contribution in [-0.4, -0.2) is 34.0 Å². The van der Waals surface area contributed by atoms with Crippen LogP contribution in [0.15, 0.2) is 34.9 Å². The van der Waals surface area contributed by atoms with Crippen LogP contribution >= 0.6 is 0 Å². The van der Waals surface area contributed by atoms with Crippen LogP contribution in [0.25, 0.3) is 11.5 Å². The topological polar surface area (TPSA) is 59.2 Å². The Morgan fingerprint density at radius 3 is 2.75 bits per heavy atom. The Balaban J connectivity index is 1.35. The molecule has 2 fully saturated rings. The number of amides is 1. The first-order valence-electron chi connectivity index (χ1n) is 8.96. The van der Waals surface area contributed by atoms with Crippen molar-refractivity contribution >= 4 is 5.91 Å². The van der Waals surface area contributed by atoms with Gasteiger partial charge in [0.25, 0.3) is 5.89 Å². The van der Waals surface area contributed by atoms with Crippen LogP contribution in [0, 0.1) is 11.8 Å². The average Bonchev–Trinajstić information content (AvgIpc) is 3.37. The van der Waals surface area contributed by atoms with Crippen molar-refractivity contribution in [1.82, 2.24) is 15.0 Å². The van der Waals surface area contributed by atoms with Crippen molar-refractivity contribution in [1.29, 1.82) is 0 Å². The molecule has 1 amide bonds. The number of nitrogens with zero attached hydrogens (tertiary/aromatic N) is 3. The van der Waals surface area contributed by atoms with Gasteiger partial charge in [0.15, 0.2) is 5.82 Å². The minimum atomic E-state index is 0.276. The summed E-state index contributed by atoms with van der Waals surface area (Å²) in [6, 6.07) is 9.82. The largest absolute Gasteiger partial charge is 0.342 e. The number of carbonyl (C=O) groups excluding carboxylic acids is 1. The van der Waals surface area contributed by atoms with E-state index in [0.29, 0.717) is 17.7 Å². The second-order valence-corrected chi connectivity index (χ2v) is 7.01. The van der Waals surface area contributed by atoms with Crippen molar-refractivity contribution in [3.8, 4) is 11.5 Å². The van der Waals surface area contributed by atoms with Crippen molar-refractivity contribution in [3.05, 3.63) is 36.2 Å². The molecule has 1 aromatic carbocycles. The van der Waals surface area contributed by atoms with E-state index in [2.05, 4.69) is 15.0 Å². The Kier molecular flexibility index (Phi) is 4.32. The van der Waals surface area contributed by atoms with Gasteiger partial charge in [0.1, 0.15) is 0 Å². The standard InChI is InChI=1S/C19H23N3O2/c23-19(16-8-4-5-9-16)22-11-10-14(13-22)12-17-20-18(24-21-17)15-6-2-1-3-7-15/h1-3,6-7,14,16H,4-5,8-13H2. The summed E-state index contributed by atoms with van der Waals surface area (Å²) in [5.41, 5.74) is 0.945. The molecule has 0 spiro atoms. The van der Waals surface area contributed by atoms with Gasteiger partial charge in [-0.1, -0.05) is 36.2 Å². The molecule has 1 aliphatic carbocycles. The van der Waals surface area contributed by atoms with E-state index < -0.39 is 0 Å². The summed E-state index contributed by atoms with van der Waals surface area (Å²) in [5.74, 6) is 2.40. The lowest BCUT2D eigenvalue weighted by Gasteiger charge is -2.20. The van der Waals surface area contributed by atoms with Crippen LogP contribution in [0.3, 0.4) is 0 Å². The van der Waals surface area contributed by atoms with Gasteiger partial charge in [-0.05, 0) is 37.3 Å². The van der Waals surface area contributed by atoms with Crippen molar-refractivity contribution in [2.45, 2.75) is 38.5 Å². The van der Waals surface area contributed by atoms with Gasteiger partial charge in [-0.3, -0.25) is 4.79 Å². The third kappa shape index (κ3) is 3.21. The molecule has 1 aromatic heterocycles. The SMILES string of the molecule is O=C(C1CCCC1)N1CCC(Cc2noc(-c3ccccc3)n2)C1. The summed E-state index contributed by atoms with van der Waals surface area (Å²) in [4.78, 5) is 19.1. The normalized spacial score (nSPS) is 21.5. The second kappa shape index (κ2) is 6.75. The fraction of sp³-hybridized carbons (Fsp3) is 0.526. The number of aromatic nitrogens is 2. The molecule has 1 saturated heterocycles. The van der Waals surface area contributed by atoms with E-state index in [4.69, 9.17) is 4.52 Å². The molecule has 2 aliphatic rings. The Morgan fingerprint density at radius 1 is 1.17 bits per heavy atom. The molecule has 1 unspecified atom stereocenters. The van der Waals surface area contributed by atoms with Gasteiger partial charge >= 0.3 is 0 Å². The second-order valence-electron chi connectivity index (χ2n) is 7.01. The summed E-state index contributed by atoms with van der Waals surface area (Å²) in [6.07, 6.45) is 6.38. The van der Waals surface area contributed by atoms with E-state index >= 15 is 0 Å². The molecule has 5 heteroatoms. The molecule has 126 valence electrons. The number of likely N-dealkylation sites (tertiary alicyclic amines) is 1. The molecule has 1 aliphatic heterocycles. The summed E-state index contributed by atoms with van der Waals surface area (Å²) >= 11 is 0. The highest BCUT2D eigenvalue weighted by molar-refractivity contribution is 5.79. The highest BCUT2D eigenvalue weighted by Crippen LogP contribution is 2.29. The summed E-state index contributed by atoms with van der Waals surface area (Å²) in [5, 5.41) is 4.11. The molecule has 0 radical (unpaired) electrons. The maximum absolute atomic E-state index is 12.5. The third-order valence-electron chi connectivity index (χ3n) is 5.26. The lowest BCUT2D eigenvalue weighted by molar-refractivity contribution is -0.134. The first-order valence-corrected chi connectivity index (χ1v) is 8.96. The van der Waals surface area contributed by atoms with Gasteiger partial charge in [0.05, 0.1) is 0 Å². The Hall–Kier alpha value is -2.17. The van der Waals surface area contributed by atoms with Crippen LogP contribution in [0.1, 0.15) is 37.9 Å². The van der Waals surface area contributed by atoms with E-state index in [1.807, 2.05) is 30.3 Å². The Bertz CT molecular complexity index is 692. The van der Waals surface area contributed by atoms with Crippen LogP contribution in [0.2, 0.25) is 0 Å². The third-order valence-corrected chi connectivity index (χ3v) is 5.26. The maximum atomic E-state index is 12.5. The van der Waals surface area contributed by atoms with Crippen LogP contribution in [0.4, 0.5) is 0 Å². The number of hydrogen-bond acceptors (Lipinski definition) is 4. The average molecular weight is 325 g/mol. The molecule has 4 rings (SSSR count). The summed E-state index contributed by atoms with van der Waals surface area (Å²) < 4.78 is 5.37. The van der Waals surface area contributed by atoms with E-state index in [-0.39, 0.29) is 5.92 Å². The summed E-state index contributed by atoms with van der Waals surface area (Å²) in [6.45, 7) is 1.72.